The highest BCUT2D eigenvalue weighted by Gasteiger charge is 2.35. The predicted octanol–water partition coefficient (Wildman–Crippen LogP) is 7.02. The monoisotopic (exact) mass is 479 g/mol. The smallest absolute Gasteiger partial charge is 0.337 e. The largest absolute Gasteiger partial charge is 0.479 e. The van der Waals surface area contributed by atoms with E-state index in [4.69, 9.17) is 4.74 Å². The first-order chi connectivity index (χ1) is 16.4. The summed E-state index contributed by atoms with van der Waals surface area (Å²) in [6.45, 7) is 12.5. The first-order valence-electron chi connectivity index (χ1n) is 11.7. The van der Waals surface area contributed by atoms with E-state index in [-0.39, 0.29) is 0 Å². The minimum Gasteiger partial charge on any atom is -0.479 e. The average molecular weight is 480 g/mol. The number of benzene rings is 3. The fourth-order valence-electron chi connectivity index (χ4n) is 4.89. The number of nitrogens with zero attached hydrogens (tertiary/aromatic N) is 1. The van der Waals surface area contributed by atoms with Crippen LogP contribution in [0.4, 0.5) is 14.5 Å². The second kappa shape index (κ2) is 9.08. The van der Waals surface area contributed by atoms with E-state index in [9.17, 15) is 18.7 Å². The lowest BCUT2D eigenvalue weighted by Crippen LogP contribution is -2.28. The van der Waals surface area contributed by atoms with Gasteiger partial charge in [-0.15, -0.1) is 0 Å². The van der Waals surface area contributed by atoms with Crippen LogP contribution in [-0.4, -0.2) is 16.7 Å². The molecule has 1 heterocycles. The van der Waals surface area contributed by atoms with Crippen molar-refractivity contribution in [2.45, 2.75) is 66.3 Å². The number of hydrogen-bond donors (Lipinski definition) is 1. The Kier molecular flexibility index (Phi) is 6.45. The van der Waals surface area contributed by atoms with Gasteiger partial charge in [-0.2, -0.15) is 0 Å². The van der Waals surface area contributed by atoms with Crippen molar-refractivity contribution < 1.29 is 23.4 Å². The number of anilines is 1. The van der Waals surface area contributed by atoms with Crippen molar-refractivity contribution in [3.8, 4) is 11.1 Å². The molecule has 0 amide bonds. The van der Waals surface area contributed by atoms with E-state index < -0.39 is 29.3 Å². The molecule has 184 valence electrons. The maximum Gasteiger partial charge on any atom is 0.337 e. The van der Waals surface area contributed by atoms with Crippen LogP contribution in [-0.2, 0) is 22.6 Å². The molecule has 0 bridgehead atoms. The van der Waals surface area contributed by atoms with E-state index >= 15 is 0 Å². The van der Waals surface area contributed by atoms with Crippen molar-refractivity contribution in [2.24, 2.45) is 0 Å². The number of aryl methyl sites for hydroxylation is 1. The molecule has 4 rings (SSSR count). The van der Waals surface area contributed by atoms with Crippen LogP contribution in [0.2, 0.25) is 0 Å². The Bertz CT molecular complexity index is 1290. The maximum atomic E-state index is 14.0. The number of fused-ring (bicyclic) bond motifs is 1. The van der Waals surface area contributed by atoms with Crippen LogP contribution in [0.15, 0.2) is 42.5 Å². The molecule has 0 radical (unpaired) electrons. The van der Waals surface area contributed by atoms with Crippen LogP contribution < -0.4 is 4.90 Å². The van der Waals surface area contributed by atoms with Gasteiger partial charge >= 0.3 is 5.97 Å². The van der Waals surface area contributed by atoms with Gasteiger partial charge in [0.1, 0.15) is 0 Å². The van der Waals surface area contributed by atoms with Crippen molar-refractivity contribution in [3.63, 3.8) is 0 Å². The third kappa shape index (κ3) is 4.80. The molecule has 1 aliphatic heterocycles. The zero-order valence-corrected chi connectivity index (χ0v) is 21.0. The molecule has 0 saturated carbocycles. The molecule has 0 aliphatic carbocycles. The summed E-state index contributed by atoms with van der Waals surface area (Å²) in [5.41, 5.74) is 7.32. The molecule has 6 heteroatoms. The summed E-state index contributed by atoms with van der Waals surface area (Å²) in [4.78, 5) is 14.5. The number of aliphatic carboxylic acids is 1. The minimum absolute atomic E-state index is 0.468. The lowest BCUT2D eigenvalue weighted by molar-refractivity contribution is -0.160. The number of halogens is 2. The van der Waals surface area contributed by atoms with Gasteiger partial charge in [0.15, 0.2) is 17.7 Å². The summed E-state index contributed by atoms with van der Waals surface area (Å²) in [7, 11) is 0. The normalized spacial score (nSPS) is 14.2. The fraction of sp³-hybridized carbons (Fsp3) is 0.345. The van der Waals surface area contributed by atoms with Crippen LogP contribution >= 0.6 is 0 Å². The molecule has 0 unspecified atom stereocenters. The molecule has 0 spiro atoms. The highest BCUT2D eigenvalue weighted by molar-refractivity contribution is 5.84. The Morgan fingerprint density at radius 2 is 1.54 bits per heavy atom. The van der Waals surface area contributed by atoms with Gasteiger partial charge in [0.05, 0.1) is 5.60 Å². The van der Waals surface area contributed by atoms with Crippen molar-refractivity contribution in [1.82, 2.24) is 0 Å². The predicted molar refractivity (Wildman–Crippen MR) is 134 cm³/mol. The number of rotatable bonds is 5. The number of carboxylic acids is 1. The van der Waals surface area contributed by atoms with Gasteiger partial charge in [0, 0.05) is 30.4 Å². The topological polar surface area (TPSA) is 49.8 Å². The number of hydrogen-bond acceptors (Lipinski definition) is 3. The van der Waals surface area contributed by atoms with Gasteiger partial charge in [-0.3, -0.25) is 0 Å². The van der Waals surface area contributed by atoms with Crippen LogP contribution in [0, 0.1) is 32.4 Å². The summed E-state index contributed by atoms with van der Waals surface area (Å²) in [6, 6.07) is 11.9. The number of carboxylic acid groups (broad SMARTS) is 1. The molecule has 3 aromatic carbocycles. The molecule has 1 N–H and O–H groups in total. The summed E-state index contributed by atoms with van der Waals surface area (Å²) in [5.74, 6) is -2.82. The van der Waals surface area contributed by atoms with Crippen LogP contribution in [0.1, 0.15) is 60.3 Å². The Hall–Kier alpha value is -3.25. The van der Waals surface area contributed by atoms with Crippen LogP contribution in [0.3, 0.4) is 0 Å². The van der Waals surface area contributed by atoms with Gasteiger partial charge in [-0.25, -0.2) is 13.6 Å². The lowest BCUT2D eigenvalue weighted by atomic mass is 9.83. The fourth-order valence-corrected chi connectivity index (χ4v) is 4.89. The van der Waals surface area contributed by atoms with E-state index in [2.05, 4.69) is 0 Å². The van der Waals surface area contributed by atoms with E-state index in [0.29, 0.717) is 24.3 Å². The summed E-state index contributed by atoms with van der Waals surface area (Å²) < 4.78 is 33.6. The highest BCUT2D eigenvalue weighted by Crippen LogP contribution is 2.44. The Morgan fingerprint density at radius 3 is 2.09 bits per heavy atom. The third-order valence-electron chi connectivity index (χ3n) is 6.58. The Balaban J connectivity index is 1.93. The van der Waals surface area contributed by atoms with Gasteiger partial charge < -0.3 is 14.7 Å². The molecule has 0 aromatic heterocycles. The summed E-state index contributed by atoms with van der Waals surface area (Å²) in [5, 5.41) is 10.2. The first kappa shape index (κ1) is 24.9. The van der Waals surface area contributed by atoms with Gasteiger partial charge in [0.2, 0.25) is 0 Å². The van der Waals surface area contributed by atoms with Crippen molar-refractivity contribution in [1.29, 1.82) is 0 Å². The second-order valence-electron chi connectivity index (χ2n) is 10.3. The third-order valence-corrected chi connectivity index (χ3v) is 6.58. The van der Waals surface area contributed by atoms with Crippen molar-refractivity contribution in [3.05, 3.63) is 87.5 Å². The molecule has 3 aromatic rings. The molecule has 0 fully saturated rings. The Labute approximate surface area is 205 Å². The summed E-state index contributed by atoms with van der Waals surface area (Å²) >= 11 is 0. The molecule has 35 heavy (non-hydrogen) atoms. The molecule has 1 aliphatic rings. The van der Waals surface area contributed by atoms with Gasteiger partial charge in [-0.05, 0) is 87.1 Å². The zero-order valence-electron chi connectivity index (χ0n) is 21.0. The molecule has 4 nitrogen and oxygen atoms in total. The second-order valence-corrected chi connectivity index (χ2v) is 10.3. The standard InChI is InChI=1S/C29H31F2NO3/c1-16-7-9-19(10-8-16)25-17(2)21-14-32(20-11-12-23(30)24(31)13-20)15-22(21)18(3)26(25)27(28(33)34)35-29(4,5)6/h7-13,27H,14-15H2,1-6H3,(H,33,34)/t27-/m0/s1. The van der Waals surface area contributed by atoms with E-state index in [1.807, 2.05) is 70.7 Å². The average Bonchev–Trinajstić information content (AvgIpc) is 3.23. The highest BCUT2D eigenvalue weighted by atomic mass is 19.2. The molecular formula is C29H31F2NO3. The lowest BCUT2D eigenvalue weighted by Gasteiger charge is -2.29. The van der Waals surface area contributed by atoms with Gasteiger partial charge in [0.25, 0.3) is 0 Å². The minimum atomic E-state index is -1.16. The SMILES string of the molecule is Cc1ccc(-c2c(C)c3c(c(C)c2[C@H](OC(C)(C)C)C(=O)O)CN(c2ccc(F)c(F)c2)C3)cc1. The van der Waals surface area contributed by atoms with Crippen molar-refractivity contribution in [2.75, 3.05) is 4.90 Å². The van der Waals surface area contributed by atoms with Gasteiger partial charge in [-0.1, -0.05) is 29.8 Å². The van der Waals surface area contributed by atoms with Crippen molar-refractivity contribution >= 4 is 11.7 Å². The molecule has 0 saturated heterocycles. The van der Waals surface area contributed by atoms with E-state index in [1.165, 1.54) is 6.07 Å². The quantitative estimate of drug-likeness (QED) is 0.427. The van der Waals surface area contributed by atoms with E-state index in [0.717, 1.165) is 45.0 Å². The number of carbonyl (C=O) groups is 1. The summed E-state index contributed by atoms with van der Waals surface area (Å²) in [6.07, 6.45) is -1.16. The maximum absolute atomic E-state index is 14.0. The zero-order chi connectivity index (χ0) is 25.7. The Morgan fingerprint density at radius 1 is 0.943 bits per heavy atom. The van der Waals surface area contributed by atoms with Crippen LogP contribution in [0.5, 0.6) is 0 Å². The number of ether oxygens (including phenoxy) is 1. The molecular weight excluding hydrogens is 448 g/mol. The van der Waals surface area contributed by atoms with Crippen LogP contribution in [0.25, 0.3) is 11.1 Å². The first-order valence-corrected chi connectivity index (χ1v) is 11.7. The van der Waals surface area contributed by atoms with E-state index in [1.54, 1.807) is 6.07 Å². The molecule has 1 atom stereocenters.